The molecule has 1 aromatic rings. The number of hydrogen-bond acceptors (Lipinski definition) is 3. The second kappa shape index (κ2) is 3.81. The molecule has 1 aliphatic rings. The van der Waals surface area contributed by atoms with E-state index in [1.165, 1.54) is 0 Å². The molecule has 0 saturated heterocycles. The summed E-state index contributed by atoms with van der Waals surface area (Å²) >= 11 is 0. The van der Waals surface area contributed by atoms with Gasteiger partial charge in [0, 0.05) is 6.42 Å². The Morgan fingerprint density at radius 3 is 2.93 bits per heavy atom. The third-order valence-corrected chi connectivity index (χ3v) is 3.08. The van der Waals surface area contributed by atoms with Gasteiger partial charge in [0.25, 0.3) is 0 Å². The highest BCUT2D eigenvalue weighted by Crippen LogP contribution is 2.26. The summed E-state index contributed by atoms with van der Waals surface area (Å²) < 4.78 is 38.3. The van der Waals surface area contributed by atoms with E-state index in [0.717, 1.165) is 23.3 Å². The minimum atomic E-state index is -4.37. The molecule has 1 aromatic carbocycles. The topological polar surface area (TPSA) is 43.4 Å². The fourth-order valence-electron chi connectivity index (χ4n) is 1.64. The standard InChI is InChI=1S/C10H11FO3S/c11-15(12,13)6-4-8-1-2-10-9(7-8)3-5-14-10/h1-2,7H,3-6H2. The van der Waals surface area contributed by atoms with Crippen LogP contribution in [0.4, 0.5) is 3.89 Å². The Kier molecular flexibility index (Phi) is 2.65. The molecular weight excluding hydrogens is 219 g/mol. The monoisotopic (exact) mass is 230 g/mol. The van der Waals surface area contributed by atoms with Crippen molar-refractivity contribution in [2.24, 2.45) is 0 Å². The molecule has 2 rings (SSSR count). The summed E-state index contributed by atoms with van der Waals surface area (Å²) in [5.74, 6) is 0.397. The predicted molar refractivity (Wildman–Crippen MR) is 54.2 cm³/mol. The summed E-state index contributed by atoms with van der Waals surface area (Å²) in [6.45, 7) is 0.667. The summed E-state index contributed by atoms with van der Waals surface area (Å²) in [6, 6.07) is 5.46. The number of benzene rings is 1. The molecule has 0 atom stereocenters. The van der Waals surface area contributed by atoms with Gasteiger partial charge in [-0.25, -0.2) is 0 Å². The Bertz CT molecular complexity index is 468. The van der Waals surface area contributed by atoms with Crippen molar-refractivity contribution in [3.63, 3.8) is 0 Å². The van der Waals surface area contributed by atoms with Crippen molar-refractivity contribution in [1.82, 2.24) is 0 Å². The summed E-state index contributed by atoms with van der Waals surface area (Å²) in [6.07, 6.45) is 1.05. The predicted octanol–water partition coefficient (Wildman–Crippen LogP) is 1.46. The molecule has 1 aliphatic heterocycles. The van der Waals surface area contributed by atoms with Crippen molar-refractivity contribution in [3.8, 4) is 5.75 Å². The van der Waals surface area contributed by atoms with Gasteiger partial charge in [0.1, 0.15) is 5.75 Å². The van der Waals surface area contributed by atoms with Crippen molar-refractivity contribution in [1.29, 1.82) is 0 Å². The van der Waals surface area contributed by atoms with Crippen LogP contribution in [0.1, 0.15) is 11.1 Å². The lowest BCUT2D eigenvalue weighted by Gasteiger charge is -2.02. The van der Waals surface area contributed by atoms with Crippen LogP contribution >= 0.6 is 0 Å². The molecule has 3 nitrogen and oxygen atoms in total. The smallest absolute Gasteiger partial charge is 0.302 e. The van der Waals surface area contributed by atoms with Crippen LogP contribution in [0.3, 0.4) is 0 Å². The van der Waals surface area contributed by atoms with E-state index >= 15 is 0 Å². The Hall–Kier alpha value is -1.10. The average Bonchev–Trinajstić information content (AvgIpc) is 2.60. The molecule has 0 saturated carbocycles. The Balaban J connectivity index is 2.10. The summed E-state index contributed by atoms with van der Waals surface area (Å²) in [4.78, 5) is 0. The lowest BCUT2D eigenvalue weighted by molar-refractivity contribution is 0.357. The van der Waals surface area contributed by atoms with Crippen molar-refractivity contribution < 1.29 is 17.0 Å². The molecule has 0 aliphatic carbocycles. The number of ether oxygens (including phenoxy) is 1. The van der Waals surface area contributed by atoms with E-state index in [2.05, 4.69) is 0 Å². The Labute approximate surface area is 88.1 Å². The van der Waals surface area contributed by atoms with Gasteiger partial charge in [0.2, 0.25) is 0 Å². The molecule has 82 valence electrons. The second-order valence-corrected chi connectivity index (χ2v) is 5.02. The molecule has 5 heteroatoms. The number of rotatable bonds is 3. The number of halogens is 1. The first-order chi connectivity index (χ1) is 7.04. The van der Waals surface area contributed by atoms with E-state index in [9.17, 15) is 12.3 Å². The van der Waals surface area contributed by atoms with Crippen LogP contribution in [0.2, 0.25) is 0 Å². The number of fused-ring (bicyclic) bond motifs is 1. The normalized spacial score (nSPS) is 14.7. The van der Waals surface area contributed by atoms with Crippen LogP contribution in [0.5, 0.6) is 5.75 Å². The maximum atomic E-state index is 12.3. The van der Waals surface area contributed by atoms with Gasteiger partial charge in [-0.1, -0.05) is 12.1 Å². The van der Waals surface area contributed by atoms with Gasteiger partial charge < -0.3 is 4.74 Å². The first-order valence-electron chi connectivity index (χ1n) is 4.71. The van der Waals surface area contributed by atoms with E-state index in [-0.39, 0.29) is 6.42 Å². The van der Waals surface area contributed by atoms with Crippen molar-refractivity contribution in [2.75, 3.05) is 12.4 Å². The van der Waals surface area contributed by atoms with E-state index in [1.54, 1.807) is 6.07 Å². The highest BCUT2D eigenvalue weighted by Gasteiger charge is 2.13. The second-order valence-electron chi connectivity index (χ2n) is 3.53. The maximum absolute atomic E-state index is 12.3. The molecule has 15 heavy (non-hydrogen) atoms. The van der Waals surface area contributed by atoms with E-state index in [0.29, 0.717) is 6.61 Å². The van der Waals surface area contributed by atoms with Crippen LogP contribution in [0.15, 0.2) is 18.2 Å². The summed E-state index contributed by atoms with van der Waals surface area (Å²) in [5.41, 5.74) is 1.91. The van der Waals surface area contributed by atoms with E-state index in [4.69, 9.17) is 4.74 Å². The maximum Gasteiger partial charge on any atom is 0.302 e. The molecule has 1 heterocycles. The molecule has 0 radical (unpaired) electrons. The molecule has 0 unspecified atom stereocenters. The SMILES string of the molecule is O=S(=O)(F)CCc1ccc2c(c1)CCO2. The van der Waals surface area contributed by atoms with Crippen molar-refractivity contribution in [3.05, 3.63) is 29.3 Å². The van der Waals surface area contributed by atoms with Crippen LogP contribution in [0, 0.1) is 0 Å². The van der Waals surface area contributed by atoms with E-state index in [1.807, 2.05) is 12.1 Å². The zero-order valence-corrected chi connectivity index (χ0v) is 8.89. The van der Waals surface area contributed by atoms with Gasteiger partial charge in [0.05, 0.1) is 12.4 Å². The fourth-order valence-corrected chi connectivity index (χ4v) is 2.11. The summed E-state index contributed by atoms with van der Waals surface area (Å²) in [7, 11) is -4.37. The van der Waals surface area contributed by atoms with Crippen LogP contribution in [0.25, 0.3) is 0 Å². The Morgan fingerprint density at radius 1 is 1.40 bits per heavy atom. The largest absolute Gasteiger partial charge is 0.493 e. The van der Waals surface area contributed by atoms with Gasteiger partial charge in [-0.05, 0) is 23.6 Å². The minimum absolute atomic E-state index is 0.214. The minimum Gasteiger partial charge on any atom is -0.493 e. The molecule has 0 fully saturated rings. The number of hydrogen-bond donors (Lipinski definition) is 0. The molecule has 0 aromatic heterocycles. The van der Waals surface area contributed by atoms with Gasteiger partial charge in [-0.2, -0.15) is 8.42 Å². The van der Waals surface area contributed by atoms with Gasteiger partial charge in [-0.15, -0.1) is 3.89 Å². The van der Waals surface area contributed by atoms with Crippen LogP contribution < -0.4 is 4.74 Å². The number of aryl methyl sites for hydroxylation is 1. The summed E-state index contributed by atoms with van der Waals surface area (Å²) in [5, 5.41) is 0. The van der Waals surface area contributed by atoms with Gasteiger partial charge in [-0.3, -0.25) is 0 Å². The molecular formula is C10H11FO3S. The lowest BCUT2D eigenvalue weighted by atomic mass is 10.1. The zero-order valence-electron chi connectivity index (χ0n) is 8.07. The van der Waals surface area contributed by atoms with Gasteiger partial charge in [0.15, 0.2) is 0 Å². The lowest BCUT2D eigenvalue weighted by Crippen LogP contribution is -2.02. The molecule has 0 N–H and O–H groups in total. The van der Waals surface area contributed by atoms with Crippen LogP contribution in [-0.2, 0) is 23.1 Å². The molecule has 0 spiro atoms. The van der Waals surface area contributed by atoms with Crippen molar-refractivity contribution >= 4 is 10.2 Å². The first-order valence-corrected chi connectivity index (χ1v) is 6.27. The highest BCUT2D eigenvalue weighted by molar-refractivity contribution is 7.86. The average molecular weight is 230 g/mol. The molecule has 0 amide bonds. The fraction of sp³-hybridized carbons (Fsp3) is 0.400. The van der Waals surface area contributed by atoms with Gasteiger partial charge >= 0.3 is 10.2 Å². The Morgan fingerprint density at radius 2 is 2.20 bits per heavy atom. The quantitative estimate of drug-likeness (QED) is 0.738. The highest BCUT2D eigenvalue weighted by atomic mass is 32.3. The third kappa shape index (κ3) is 2.68. The first kappa shape index (κ1) is 10.4. The third-order valence-electron chi connectivity index (χ3n) is 2.39. The van der Waals surface area contributed by atoms with Crippen LogP contribution in [-0.4, -0.2) is 20.8 Å². The van der Waals surface area contributed by atoms with Crippen molar-refractivity contribution in [2.45, 2.75) is 12.8 Å². The van der Waals surface area contributed by atoms with E-state index < -0.39 is 16.0 Å². The molecule has 0 bridgehead atoms. The zero-order chi connectivity index (χ0) is 10.9.